The number of fused-ring (bicyclic) bond motifs is 3. The van der Waals surface area contributed by atoms with Crippen LogP contribution < -0.4 is 60.6 Å². The number of carbonyl (C=O) groups excluding carboxylic acids is 7. The quantitative estimate of drug-likeness (QED) is 0.0221. The van der Waals surface area contributed by atoms with Gasteiger partial charge in [-0.25, -0.2) is 9.59 Å². The Morgan fingerprint density at radius 2 is 0.893 bits per heavy atom. The van der Waals surface area contributed by atoms with Crippen molar-refractivity contribution in [1.29, 1.82) is 0 Å². The third-order valence-corrected chi connectivity index (χ3v) is 11.7. The molecule has 0 fully saturated rings. The molecule has 1 aliphatic rings. The van der Waals surface area contributed by atoms with Crippen molar-refractivity contribution in [3.63, 3.8) is 0 Å². The summed E-state index contributed by atoms with van der Waals surface area (Å²) in [6.07, 6.45) is -4.45. The van der Waals surface area contributed by atoms with Crippen LogP contribution in [0.1, 0.15) is 102 Å². The summed E-state index contributed by atoms with van der Waals surface area (Å²) in [4.78, 5) is 138. The van der Waals surface area contributed by atoms with Gasteiger partial charge in [-0.2, -0.15) is 0 Å². The molecule has 19 N–H and O–H groups in total. The van der Waals surface area contributed by atoms with Crippen molar-refractivity contribution in [3.8, 4) is 11.1 Å². The Morgan fingerprint density at radius 1 is 0.520 bits per heavy atom. The summed E-state index contributed by atoms with van der Waals surface area (Å²) >= 11 is 0. The summed E-state index contributed by atoms with van der Waals surface area (Å²) < 4.78 is 5.56. The monoisotopic (exact) mass is 1050 g/mol. The summed E-state index contributed by atoms with van der Waals surface area (Å²) in [6, 6.07) is 5.77. The number of nitrogens with zero attached hydrogens (tertiary/aromatic N) is 2. The van der Waals surface area contributed by atoms with Gasteiger partial charge in [-0.1, -0.05) is 62.4 Å². The number of aliphatic carboxylic acids is 3. The van der Waals surface area contributed by atoms with Gasteiger partial charge in [0.2, 0.25) is 35.4 Å². The molecule has 3 rings (SSSR count). The van der Waals surface area contributed by atoms with Crippen LogP contribution in [-0.2, 0) is 47.9 Å². The highest BCUT2D eigenvalue weighted by atomic mass is 16.5. The second kappa shape index (κ2) is 30.5. The molecule has 0 aromatic heterocycles. The fourth-order valence-corrected chi connectivity index (χ4v) is 8.01. The molecule has 7 amide bonds. The molecule has 1 aliphatic carbocycles. The number of benzene rings is 2. The molecule has 0 aliphatic heterocycles. The number of carboxylic acid groups (broad SMARTS) is 3. The van der Waals surface area contributed by atoms with Gasteiger partial charge in [0.05, 0.1) is 0 Å². The number of nitrogens with one attached hydrogen (secondary N) is 6. The number of nitrogens with two attached hydrogens (primary N) is 5. The van der Waals surface area contributed by atoms with Crippen LogP contribution in [0, 0.1) is 5.92 Å². The maximum absolute atomic E-state index is 14.1. The third kappa shape index (κ3) is 21.2. The zero-order chi connectivity index (χ0) is 55.8. The number of hydrogen-bond donors (Lipinski definition) is 14. The molecular formula is C48H69N13O14. The van der Waals surface area contributed by atoms with E-state index in [1.165, 1.54) is 0 Å². The minimum Gasteiger partial charge on any atom is -0.481 e. The van der Waals surface area contributed by atoms with E-state index < -0.39 is 134 Å². The number of carbonyl (C=O) groups is 10. The molecule has 2 aromatic rings. The van der Waals surface area contributed by atoms with Gasteiger partial charge in [0.25, 0.3) is 0 Å². The number of carboxylic acids is 3. The van der Waals surface area contributed by atoms with Gasteiger partial charge < -0.3 is 80.6 Å². The molecule has 0 saturated carbocycles. The first kappa shape index (κ1) is 60.8. The lowest BCUT2D eigenvalue weighted by molar-refractivity contribution is -0.142. The van der Waals surface area contributed by atoms with Gasteiger partial charge >= 0.3 is 24.0 Å². The standard InChI is InChI=1S/C48H69N13O14/c1-25(2)23-36(44(71)58-32(15-18-37(49)62)41(68)56-31(13-7-21-54-46(50)51)40(67)59-35(45(72)73)14-8-22-55-47(52)53)60-42(69)33(16-19-38(63)64)57-43(70)34(17-20-39(65)66)61-48(74)75-24-30-28-11-5-3-9-26(28)27-10-4-6-12-29(27)30/h3-6,9-12,25,30-36H,7-8,13-24H2,1-2H3,(H2,49,62)(H,56,68)(H,57,70)(H,58,71)(H,59,67)(H,60,69)(H,61,74)(H,63,64)(H,65,66)(H,72,73)(H4,50,51,54)(H4,52,53,55)/t31-,32-,33-,34-,35-,36-/m0/s1. The van der Waals surface area contributed by atoms with Gasteiger partial charge in [0, 0.05) is 38.3 Å². The average Bonchev–Trinajstić information content (AvgIpc) is 3.66. The van der Waals surface area contributed by atoms with E-state index in [9.17, 15) is 63.3 Å². The Hall–Kier alpha value is -8.52. The molecule has 0 bridgehead atoms. The van der Waals surface area contributed by atoms with Crippen LogP contribution >= 0.6 is 0 Å². The second-order valence-corrected chi connectivity index (χ2v) is 18.1. The number of hydrogen-bond acceptors (Lipinski definition) is 13. The Kier molecular flexibility index (Phi) is 24.7. The van der Waals surface area contributed by atoms with E-state index in [0.717, 1.165) is 22.3 Å². The molecular weight excluding hydrogens is 983 g/mol. The van der Waals surface area contributed by atoms with E-state index in [-0.39, 0.29) is 75.6 Å². The van der Waals surface area contributed by atoms with Crippen LogP contribution in [0.25, 0.3) is 11.1 Å². The van der Waals surface area contributed by atoms with Crippen molar-refractivity contribution in [2.45, 2.75) is 127 Å². The lowest BCUT2D eigenvalue weighted by Crippen LogP contribution is -2.59. The van der Waals surface area contributed by atoms with Crippen LogP contribution in [0.15, 0.2) is 58.5 Å². The van der Waals surface area contributed by atoms with Gasteiger partial charge in [-0.05, 0) is 79.5 Å². The first-order valence-electron chi connectivity index (χ1n) is 24.2. The van der Waals surface area contributed by atoms with E-state index in [1.54, 1.807) is 13.8 Å². The number of guanidine groups is 2. The number of ether oxygens (including phenoxy) is 1. The Morgan fingerprint density at radius 3 is 1.31 bits per heavy atom. The predicted molar refractivity (Wildman–Crippen MR) is 271 cm³/mol. The van der Waals surface area contributed by atoms with Gasteiger partial charge in [0.1, 0.15) is 42.9 Å². The van der Waals surface area contributed by atoms with Crippen molar-refractivity contribution in [2.75, 3.05) is 19.7 Å². The van der Waals surface area contributed by atoms with E-state index in [0.29, 0.717) is 0 Å². The molecule has 0 radical (unpaired) electrons. The lowest BCUT2D eigenvalue weighted by Gasteiger charge is -2.28. The predicted octanol–water partition coefficient (Wildman–Crippen LogP) is -1.45. The summed E-state index contributed by atoms with van der Waals surface area (Å²) in [5.41, 5.74) is 30.6. The fourth-order valence-electron chi connectivity index (χ4n) is 8.01. The van der Waals surface area contributed by atoms with Crippen molar-refractivity contribution in [3.05, 3.63) is 59.7 Å². The number of primary amides is 1. The zero-order valence-electron chi connectivity index (χ0n) is 41.8. The molecule has 0 heterocycles. The summed E-state index contributed by atoms with van der Waals surface area (Å²) in [5, 5.41) is 43.4. The molecule has 27 heteroatoms. The van der Waals surface area contributed by atoms with Crippen LogP contribution in [0.3, 0.4) is 0 Å². The Bertz CT molecular complexity index is 2380. The van der Waals surface area contributed by atoms with Crippen LogP contribution in [0.4, 0.5) is 4.79 Å². The first-order chi connectivity index (χ1) is 35.5. The second-order valence-electron chi connectivity index (χ2n) is 18.1. The molecule has 27 nitrogen and oxygen atoms in total. The molecule has 0 spiro atoms. The smallest absolute Gasteiger partial charge is 0.407 e. The highest BCUT2D eigenvalue weighted by Gasteiger charge is 2.35. The normalized spacial score (nSPS) is 13.9. The maximum Gasteiger partial charge on any atom is 0.407 e. The molecule has 410 valence electrons. The highest BCUT2D eigenvalue weighted by Crippen LogP contribution is 2.44. The topological polar surface area (TPSA) is 468 Å². The van der Waals surface area contributed by atoms with E-state index >= 15 is 0 Å². The molecule has 6 atom stereocenters. The first-order valence-corrected chi connectivity index (χ1v) is 24.2. The molecule has 0 saturated heterocycles. The molecule has 2 aromatic carbocycles. The van der Waals surface area contributed by atoms with Crippen molar-refractivity contribution in [2.24, 2.45) is 44.6 Å². The molecule has 75 heavy (non-hydrogen) atoms. The number of rotatable bonds is 33. The van der Waals surface area contributed by atoms with Crippen LogP contribution in [0.2, 0.25) is 0 Å². The highest BCUT2D eigenvalue weighted by molar-refractivity contribution is 5.97. The zero-order valence-corrected chi connectivity index (χ0v) is 41.8. The van der Waals surface area contributed by atoms with E-state index in [1.807, 2.05) is 48.5 Å². The van der Waals surface area contributed by atoms with Crippen LogP contribution in [0.5, 0.6) is 0 Å². The minimum absolute atomic E-state index is 0.00668. The SMILES string of the molecule is CC(C)C[C@H](NC(=O)[C@H](CCC(=O)O)NC(=O)[C@H](CCC(=O)O)NC(=O)OCC1c2ccccc2-c2ccccc21)C(=O)N[C@@H](CCC(N)=O)C(=O)N[C@@H](CCCN=C(N)N)C(=O)N[C@@H](CCCN=C(N)N)C(=O)O. The summed E-state index contributed by atoms with van der Waals surface area (Å²) in [5.74, 6) is -11.3. The number of alkyl carbamates (subject to hydrolysis) is 1. The number of aliphatic imine (C=N–C) groups is 2. The van der Waals surface area contributed by atoms with Crippen molar-refractivity contribution >= 4 is 71.4 Å². The van der Waals surface area contributed by atoms with Gasteiger partial charge in [-0.3, -0.25) is 48.3 Å². The van der Waals surface area contributed by atoms with Gasteiger partial charge in [-0.15, -0.1) is 0 Å². The Labute approximate surface area is 432 Å². The van der Waals surface area contributed by atoms with E-state index in [2.05, 4.69) is 41.9 Å². The lowest BCUT2D eigenvalue weighted by atomic mass is 9.98. The summed E-state index contributed by atoms with van der Waals surface area (Å²) in [7, 11) is 0. The minimum atomic E-state index is -1.69. The number of amides is 7. The molecule has 0 unspecified atom stereocenters. The van der Waals surface area contributed by atoms with E-state index in [4.69, 9.17) is 33.4 Å². The summed E-state index contributed by atoms with van der Waals surface area (Å²) in [6.45, 7) is 3.26. The van der Waals surface area contributed by atoms with Crippen LogP contribution in [-0.4, -0.2) is 143 Å². The average molecular weight is 1050 g/mol. The van der Waals surface area contributed by atoms with Crippen molar-refractivity contribution in [1.82, 2.24) is 31.9 Å². The fraction of sp³-hybridized carbons (Fsp3) is 0.500. The Balaban J connectivity index is 1.84. The van der Waals surface area contributed by atoms with Gasteiger partial charge in [0.15, 0.2) is 11.9 Å². The maximum atomic E-state index is 14.1. The van der Waals surface area contributed by atoms with Crippen molar-refractivity contribution < 1.29 is 68.0 Å². The largest absolute Gasteiger partial charge is 0.481 e. The third-order valence-electron chi connectivity index (χ3n) is 11.7.